The zero-order valence-electron chi connectivity index (χ0n) is 9.23. The molecule has 4 nitrogen and oxygen atoms in total. The zero-order chi connectivity index (χ0) is 12.4. The molecular formula is C12H13FN2O2. The lowest BCUT2D eigenvalue weighted by Crippen LogP contribution is -2.46. The summed E-state index contributed by atoms with van der Waals surface area (Å²) < 4.78 is 13.0. The van der Waals surface area contributed by atoms with E-state index < -0.39 is 11.7 Å². The van der Waals surface area contributed by atoms with Gasteiger partial charge in [0.05, 0.1) is 0 Å². The van der Waals surface area contributed by atoms with Crippen LogP contribution in [0.3, 0.4) is 0 Å². The topological polar surface area (TPSA) is 63.4 Å². The van der Waals surface area contributed by atoms with Gasteiger partial charge in [0.1, 0.15) is 5.82 Å². The molecular weight excluding hydrogens is 223 g/mol. The highest BCUT2D eigenvalue weighted by atomic mass is 19.1. The second-order valence-corrected chi connectivity index (χ2v) is 4.11. The lowest BCUT2D eigenvalue weighted by molar-refractivity contribution is -0.130. The normalized spacial score (nSPS) is 20.5. The third kappa shape index (κ3) is 2.50. The zero-order valence-corrected chi connectivity index (χ0v) is 9.23. The van der Waals surface area contributed by atoms with Crippen LogP contribution in [0.2, 0.25) is 0 Å². The number of benzene rings is 1. The Bertz CT molecular complexity index is 462. The number of amides is 2. The summed E-state index contributed by atoms with van der Waals surface area (Å²) in [5, 5.41) is 0. The van der Waals surface area contributed by atoms with Crippen molar-refractivity contribution in [3.8, 4) is 0 Å². The van der Waals surface area contributed by atoms with Gasteiger partial charge >= 0.3 is 0 Å². The number of hydrogen-bond donors (Lipinski definition) is 1. The number of rotatable bonds is 1. The Morgan fingerprint density at radius 3 is 2.88 bits per heavy atom. The molecule has 0 spiro atoms. The van der Waals surface area contributed by atoms with Crippen molar-refractivity contribution < 1.29 is 14.0 Å². The van der Waals surface area contributed by atoms with Crippen LogP contribution in [0, 0.1) is 5.82 Å². The minimum absolute atomic E-state index is 0.168. The van der Waals surface area contributed by atoms with Crippen LogP contribution in [0.25, 0.3) is 0 Å². The molecule has 5 heteroatoms. The summed E-state index contributed by atoms with van der Waals surface area (Å²) in [6.45, 7) is 0.301. The van der Waals surface area contributed by atoms with E-state index in [9.17, 15) is 14.0 Å². The molecule has 90 valence electrons. The lowest BCUT2D eigenvalue weighted by atomic mass is 10.0. The fourth-order valence-electron chi connectivity index (χ4n) is 1.85. The number of carbonyl (C=O) groups is 2. The van der Waals surface area contributed by atoms with Crippen molar-refractivity contribution >= 4 is 11.8 Å². The molecule has 0 bridgehead atoms. The van der Waals surface area contributed by atoms with Crippen molar-refractivity contribution in [3.05, 3.63) is 35.6 Å². The first kappa shape index (κ1) is 11.7. The van der Waals surface area contributed by atoms with Gasteiger partial charge in [0, 0.05) is 24.6 Å². The van der Waals surface area contributed by atoms with Gasteiger partial charge in [0.2, 0.25) is 5.91 Å². The minimum Gasteiger partial charge on any atom is -0.327 e. The van der Waals surface area contributed by atoms with Gasteiger partial charge in [-0.3, -0.25) is 14.5 Å². The van der Waals surface area contributed by atoms with Crippen molar-refractivity contribution in [1.82, 2.24) is 4.90 Å². The van der Waals surface area contributed by atoms with Crippen LogP contribution in [0.4, 0.5) is 4.39 Å². The van der Waals surface area contributed by atoms with Crippen molar-refractivity contribution in [2.45, 2.75) is 18.9 Å². The van der Waals surface area contributed by atoms with E-state index in [0.717, 1.165) is 11.0 Å². The molecule has 1 aromatic rings. The van der Waals surface area contributed by atoms with Gasteiger partial charge in [-0.05, 0) is 24.6 Å². The molecule has 1 heterocycles. The van der Waals surface area contributed by atoms with E-state index in [-0.39, 0.29) is 23.9 Å². The third-order valence-corrected chi connectivity index (χ3v) is 2.78. The third-order valence-electron chi connectivity index (χ3n) is 2.78. The Morgan fingerprint density at radius 1 is 1.47 bits per heavy atom. The Balaban J connectivity index is 2.18. The van der Waals surface area contributed by atoms with E-state index in [4.69, 9.17) is 5.73 Å². The van der Waals surface area contributed by atoms with Gasteiger partial charge in [-0.2, -0.15) is 0 Å². The maximum absolute atomic E-state index is 13.0. The van der Waals surface area contributed by atoms with Crippen LogP contribution in [0.15, 0.2) is 24.3 Å². The van der Waals surface area contributed by atoms with Crippen molar-refractivity contribution in [1.29, 1.82) is 0 Å². The summed E-state index contributed by atoms with van der Waals surface area (Å²) in [6.07, 6.45) is 0.758. The smallest absolute Gasteiger partial charge is 0.260 e. The second kappa shape index (κ2) is 4.63. The summed E-state index contributed by atoms with van der Waals surface area (Å²) >= 11 is 0. The summed E-state index contributed by atoms with van der Waals surface area (Å²) in [5.74, 6) is -1.24. The van der Waals surface area contributed by atoms with Crippen LogP contribution >= 0.6 is 0 Å². The lowest BCUT2D eigenvalue weighted by Gasteiger charge is -2.28. The van der Waals surface area contributed by atoms with Crippen LogP contribution in [0.1, 0.15) is 23.2 Å². The number of likely N-dealkylation sites (tertiary alicyclic amines) is 1. The predicted molar refractivity (Wildman–Crippen MR) is 59.7 cm³/mol. The number of imide groups is 1. The Kier molecular flexibility index (Phi) is 3.19. The molecule has 1 aliphatic rings. The van der Waals surface area contributed by atoms with Gasteiger partial charge in [-0.1, -0.05) is 6.07 Å². The molecule has 17 heavy (non-hydrogen) atoms. The number of nitrogens with two attached hydrogens (primary N) is 1. The maximum atomic E-state index is 13.0. The molecule has 2 rings (SSSR count). The Hall–Kier alpha value is -1.75. The molecule has 0 aliphatic carbocycles. The highest BCUT2D eigenvalue weighted by Crippen LogP contribution is 2.14. The number of halogens is 1. The summed E-state index contributed by atoms with van der Waals surface area (Å²) in [5.41, 5.74) is 5.82. The molecule has 0 aromatic heterocycles. The van der Waals surface area contributed by atoms with Crippen molar-refractivity contribution in [2.75, 3.05) is 6.54 Å². The van der Waals surface area contributed by atoms with E-state index in [1.807, 2.05) is 0 Å². The molecule has 2 amide bonds. The number of hydrogen-bond acceptors (Lipinski definition) is 3. The maximum Gasteiger partial charge on any atom is 0.260 e. The summed E-state index contributed by atoms with van der Waals surface area (Å²) in [4.78, 5) is 24.7. The molecule has 0 radical (unpaired) electrons. The molecule has 1 atom stereocenters. The highest BCUT2D eigenvalue weighted by molar-refractivity contribution is 6.05. The molecule has 0 saturated carbocycles. The average Bonchev–Trinajstić information content (AvgIpc) is 2.28. The fraction of sp³-hybridized carbons (Fsp3) is 0.333. The number of nitrogens with zero attached hydrogens (tertiary/aromatic N) is 1. The highest BCUT2D eigenvalue weighted by Gasteiger charge is 2.28. The first-order valence-electron chi connectivity index (χ1n) is 5.44. The van der Waals surface area contributed by atoms with E-state index in [1.54, 1.807) is 0 Å². The number of carbonyl (C=O) groups excluding carboxylic acids is 2. The first-order valence-corrected chi connectivity index (χ1v) is 5.44. The van der Waals surface area contributed by atoms with Crippen LogP contribution in [0.5, 0.6) is 0 Å². The largest absolute Gasteiger partial charge is 0.327 e. The summed E-state index contributed by atoms with van der Waals surface area (Å²) in [6, 6.07) is 5.14. The molecule has 1 aromatic carbocycles. The fourth-order valence-corrected chi connectivity index (χ4v) is 1.85. The van der Waals surface area contributed by atoms with Crippen LogP contribution < -0.4 is 5.73 Å². The minimum atomic E-state index is -0.489. The van der Waals surface area contributed by atoms with Gasteiger partial charge < -0.3 is 5.73 Å². The van der Waals surface area contributed by atoms with E-state index >= 15 is 0 Å². The van der Waals surface area contributed by atoms with Crippen LogP contribution in [-0.4, -0.2) is 29.3 Å². The molecule has 2 N–H and O–H groups in total. The van der Waals surface area contributed by atoms with Gasteiger partial charge in [0.15, 0.2) is 0 Å². The number of piperidine rings is 1. The van der Waals surface area contributed by atoms with Crippen LogP contribution in [-0.2, 0) is 4.79 Å². The standard InChI is InChI=1S/C12H13FN2O2/c13-9-3-1-2-8(6-9)12(17)15-5-4-10(14)7-11(15)16/h1-3,6,10H,4-5,7,14H2. The average molecular weight is 236 g/mol. The summed E-state index contributed by atoms with van der Waals surface area (Å²) in [7, 11) is 0. The van der Waals surface area contributed by atoms with E-state index in [0.29, 0.717) is 13.0 Å². The first-order chi connectivity index (χ1) is 8.08. The monoisotopic (exact) mass is 236 g/mol. The molecule has 1 aliphatic heterocycles. The van der Waals surface area contributed by atoms with Gasteiger partial charge in [0.25, 0.3) is 5.91 Å². The quantitative estimate of drug-likeness (QED) is 0.737. The SMILES string of the molecule is NC1CCN(C(=O)c2cccc(F)c2)C(=O)C1. The van der Waals surface area contributed by atoms with Gasteiger partial charge in [-0.15, -0.1) is 0 Å². The molecule has 1 saturated heterocycles. The Morgan fingerprint density at radius 2 is 2.24 bits per heavy atom. The molecule has 1 fully saturated rings. The van der Waals surface area contributed by atoms with Crippen molar-refractivity contribution in [2.24, 2.45) is 5.73 Å². The van der Waals surface area contributed by atoms with E-state index in [2.05, 4.69) is 0 Å². The molecule has 1 unspecified atom stereocenters. The van der Waals surface area contributed by atoms with E-state index in [1.165, 1.54) is 18.2 Å². The second-order valence-electron chi connectivity index (χ2n) is 4.11. The van der Waals surface area contributed by atoms with Gasteiger partial charge in [-0.25, -0.2) is 4.39 Å². The van der Waals surface area contributed by atoms with Crippen molar-refractivity contribution in [3.63, 3.8) is 0 Å². The predicted octanol–water partition coefficient (Wildman–Crippen LogP) is 0.916. The Labute approximate surface area is 98.2 Å².